The van der Waals surface area contributed by atoms with Gasteiger partial charge in [-0.25, -0.2) is 4.79 Å². The lowest BCUT2D eigenvalue weighted by Crippen LogP contribution is -2.41. The molecule has 0 radical (unpaired) electrons. The first-order valence-electron chi connectivity index (χ1n) is 9.15. The summed E-state index contributed by atoms with van der Waals surface area (Å²) in [5, 5.41) is 28.3. The number of carbonyl (C=O) groups is 1. The van der Waals surface area contributed by atoms with Gasteiger partial charge in [-0.1, -0.05) is 0 Å². The molecule has 13 heteroatoms. The maximum Gasteiger partial charge on any atom is 0.420 e. The molecule has 1 aromatic rings. The van der Waals surface area contributed by atoms with E-state index in [4.69, 9.17) is 14.2 Å². The van der Waals surface area contributed by atoms with Crippen LogP contribution in [0.1, 0.15) is 40.0 Å². The van der Waals surface area contributed by atoms with Gasteiger partial charge in [-0.3, -0.25) is 0 Å². The van der Waals surface area contributed by atoms with Gasteiger partial charge in [-0.05, 0) is 54.6 Å². The first kappa shape index (κ1) is 22.5. The summed E-state index contributed by atoms with van der Waals surface area (Å²) in [6.07, 6.45) is 0.408. The smallest absolute Gasteiger partial charge is 0.420 e. The van der Waals surface area contributed by atoms with Crippen molar-refractivity contribution < 1.29 is 28.9 Å². The molecule has 1 aliphatic heterocycles. The fourth-order valence-electron chi connectivity index (χ4n) is 2.66. The van der Waals surface area contributed by atoms with Crippen LogP contribution in [-0.4, -0.2) is 56.9 Å². The summed E-state index contributed by atoms with van der Waals surface area (Å²) < 4.78 is 17.4. The van der Waals surface area contributed by atoms with E-state index in [9.17, 15) is 25.0 Å². The van der Waals surface area contributed by atoms with E-state index < -0.39 is 45.6 Å². The average Bonchev–Trinajstić information content (AvgIpc) is 3.03. The van der Waals surface area contributed by atoms with Crippen LogP contribution < -0.4 is 5.32 Å². The molecular formula is C16H25N5O8. The van der Waals surface area contributed by atoms with Gasteiger partial charge in [-0.15, -0.1) is 0 Å². The Hall–Kier alpha value is -2.80. The van der Waals surface area contributed by atoms with Crippen molar-refractivity contribution in [1.29, 1.82) is 0 Å². The fraction of sp³-hybridized carbons (Fsp3) is 0.750. The van der Waals surface area contributed by atoms with Crippen LogP contribution in [0.5, 0.6) is 0 Å². The molecule has 1 aliphatic rings. The van der Waals surface area contributed by atoms with Crippen molar-refractivity contribution in [2.24, 2.45) is 0 Å². The van der Waals surface area contributed by atoms with Gasteiger partial charge in [0.2, 0.25) is 0 Å². The van der Waals surface area contributed by atoms with Crippen molar-refractivity contribution in [3.05, 3.63) is 26.3 Å². The molecule has 0 spiro atoms. The Balaban J connectivity index is 2.12. The molecule has 0 aliphatic carbocycles. The summed E-state index contributed by atoms with van der Waals surface area (Å²) in [7, 11) is 0. The van der Waals surface area contributed by atoms with Crippen LogP contribution in [-0.2, 0) is 20.8 Å². The Labute approximate surface area is 166 Å². The van der Waals surface area contributed by atoms with E-state index in [2.05, 4.69) is 10.4 Å². The largest absolute Gasteiger partial charge is 0.444 e. The summed E-state index contributed by atoms with van der Waals surface area (Å²) in [5.41, 5.74) is -0.700. The van der Waals surface area contributed by atoms with Crippen molar-refractivity contribution in [3.8, 4) is 0 Å². The first-order valence-corrected chi connectivity index (χ1v) is 9.15. The van der Waals surface area contributed by atoms with Crippen LogP contribution in [0.3, 0.4) is 0 Å². The van der Waals surface area contributed by atoms with E-state index >= 15 is 0 Å². The lowest BCUT2D eigenvalue weighted by molar-refractivity contribution is -0.395. The molecule has 1 fully saturated rings. The second kappa shape index (κ2) is 9.60. The van der Waals surface area contributed by atoms with Crippen LogP contribution in [0.2, 0.25) is 0 Å². The summed E-state index contributed by atoms with van der Waals surface area (Å²) in [6, 6.07) is 0.773. The van der Waals surface area contributed by atoms with E-state index in [0.717, 1.165) is 23.6 Å². The number of alkyl carbamates (subject to hydrolysis) is 1. The quantitative estimate of drug-likeness (QED) is 0.495. The van der Waals surface area contributed by atoms with Crippen molar-refractivity contribution in [2.45, 2.75) is 64.6 Å². The minimum Gasteiger partial charge on any atom is -0.444 e. The van der Waals surface area contributed by atoms with Gasteiger partial charge in [0.15, 0.2) is 12.8 Å². The number of amides is 1. The number of hydrogen-bond donors (Lipinski definition) is 1. The average molecular weight is 415 g/mol. The summed E-state index contributed by atoms with van der Waals surface area (Å²) in [6.45, 7) is 5.40. The molecule has 2 rings (SSSR count). The van der Waals surface area contributed by atoms with Crippen molar-refractivity contribution >= 4 is 17.7 Å². The Bertz CT molecular complexity index is 738. The Morgan fingerprint density at radius 3 is 2.66 bits per heavy atom. The number of nitrogens with zero attached hydrogens (tertiary/aromatic N) is 4. The SMILES string of the molecule is CC(C)(C)OC(=O)NCC(Cn1nc([N+](=O)[O-])cc1[N+](=O)[O-])OC1CCCCO1. The highest BCUT2D eigenvalue weighted by Gasteiger charge is 2.32. The predicted molar refractivity (Wildman–Crippen MR) is 98.2 cm³/mol. The van der Waals surface area contributed by atoms with E-state index in [1.165, 1.54) is 0 Å². The predicted octanol–water partition coefficient (Wildman–Crippen LogP) is 2.14. The zero-order chi connectivity index (χ0) is 21.6. The first-order chi connectivity index (χ1) is 13.5. The Morgan fingerprint density at radius 2 is 2.10 bits per heavy atom. The van der Waals surface area contributed by atoms with Gasteiger partial charge in [0.05, 0.1) is 6.54 Å². The molecule has 2 heterocycles. The number of carbonyl (C=O) groups excluding carboxylic acids is 1. The van der Waals surface area contributed by atoms with Crippen LogP contribution in [0.25, 0.3) is 0 Å². The third-order valence-electron chi connectivity index (χ3n) is 3.85. The molecule has 2 atom stereocenters. The van der Waals surface area contributed by atoms with Crippen molar-refractivity contribution in [3.63, 3.8) is 0 Å². The standard InChI is InChI=1S/C16H25N5O8/c1-16(2,3)29-15(22)17-9-11(28-14-6-4-5-7-27-14)10-19-13(21(25)26)8-12(18-19)20(23)24/h8,11,14H,4-7,9-10H2,1-3H3,(H,17,22). The third-order valence-corrected chi connectivity index (χ3v) is 3.85. The molecule has 29 heavy (non-hydrogen) atoms. The molecule has 13 nitrogen and oxygen atoms in total. The maximum absolute atomic E-state index is 11.9. The second-order valence-corrected chi connectivity index (χ2v) is 7.49. The molecular weight excluding hydrogens is 390 g/mol. The fourth-order valence-corrected chi connectivity index (χ4v) is 2.66. The minimum atomic E-state index is -0.817. The number of hydrogen-bond acceptors (Lipinski definition) is 9. The van der Waals surface area contributed by atoms with E-state index in [-0.39, 0.29) is 13.1 Å². The topological polar surface area (TPSA) is 161 Å². The number of rotatable bonds is 8. The number of ether oxygens (including phenoxy) is 3. The van der Waals surface area contributed by atoms with Crippen molar-refractivity contribution in [2.75, 3.05) is 13.2 Å². The van der Waals surface area contributed by atoms with Gasteiger partial charge in [0, 0.05) is 6.61 Å². The van der Waals surface area contributed by atoms with Crippen LogP contribution in [0.4, 0.5) is 16.4 Å². The molecule has 0 saturated carbocycles. The van der Waals surface area contributed by atoms with Gasteiger partial charge in [0.25, 0.3) is 0 Å². The molecule has 1 amide bonds. The third kappa shape index (κ3) is 7.27. The molecule has 162 valence electrons. The summed E-state index contributed by atoms with van der Waals surface area (Å²) in [4.78, 5) is 32.5. The lowest BCUT2D eigenvalue weighted by Gasteiger charge is -2.27. The molecule has 1 aromatic heterocycles. The van der Waals surface area contributed by atoms with Gasteiger partial charge >= 0.3 is 17.7 Å². The number of nitro groups is 2. The zero-order valence-electron chi connectivity index (χ0n) is 16.5. The Kier molecular flexibility index (Phi) is 7.45. The molecule has 0 bridgehead atoms. The van der Waals surface area contributed by atoms with Gasteiger partial charge in [0.1, 0.15) is 22.9 Å². The van der Waals surface area contributed by atoms with E-state index in [0.29, 0.717) is 13.0 Å². The normalized spacial score (nSPS) is 18.1. The maximum atomic E-state index is 11.9. The minimum absolute atomic E-state index is 0.0560. The van der Waals surface area contributed by atoms with Gasteiger partial charge < -0.3 is 39.8 Å². The van der Waals surface area contributed by atoms with Crippen LogP contribution in [0, 0.1) is 20.2 Å². The number of aromatic nitrogens is 2. The van der Waals surface area contributed by atoms with Crippen LogP contribution in [0.15, 0.2) is 6.07 Å². The number of nitrogens with one attached hydrogen (secondary N) is 1. The summed E-state index contributed by atoms with van der Waals surface area (Å²) >= 11 is 0. The highest BCUT2D eigenvalue weighted by molar-refractivity contribution is 5.67. The monoisotopic (exact) mass is 415 g/mol. The Morgan fingerprint density at radius 1 is 1.38 bits per heavy atom. The highest BCUT2D eigenvalue weighted by Crippen LogP contribution is 2.21. The molecule has 0 aromatic carbocycles. The lowest BCUT2D eigenvalue weighted by atomic mass is 10.2. The van der Waals surface area contributed by atoms with E-state index in [1.807, 2.05) is 0 Å². The summed E-state index contributed by atoms with van der Waals surface area (Å²) in [5.74, 6) is -1.20. The van der Waals surface area contributed by atoms with Gasteiger partial charge in [-0.2, -0.15) is 0 Å². The zero-order valence-corrected chi connectivity index (χ0v) is 16.5. The van der Waals surface area contributed by atoms with Crippen molar-refractivity contribution in [1.82, 2.24) is 15.1 Å². The molecule has 2 unspecified atom stereocenters. The molecule has 1 saturated heterocycles. The molecule has 1 N–H and O–H groups in total. The highest BCUT2D eigenvalue weighted by atomic mass is 16.7. The van der Waals surface area contributed by atoms with E-state index in [1.54, 1.807) is 20.8 Å². The van der Waals surface area contributed by atoms with Crippen LogP contribution >= 0.6 is 0 Å². The second-order valence-electron chi connectivity index (χ2n) is 7.49.